The van der Waals surface area contributed by atoms with E-state index in [0.29, 0.717) is 6.42 Å². The molecule has 26 heavy (non-hydrogen) atoms. The molecule has 0 spiro atoms. The van der Waals surface area contributed by atoms with Crippen molar-refractivity contribution in [1.29, 1.82) is 0 Å². The van der Waals surface area contributed by atoms with Gasteiger partial charge in [0.25, 0.3) is 0 Å². The van der Waals surface area contributed by atoms with Crippen molar-refractivity contribution >= 4 is 23.0 Å². The van der Waals surface area contributed by atoms with Gasteiger partial charge >= 0.3 is 12.1 Å². The Labute approximate surface area is 151 Å². The number of primary amides is 1. The van der Waals surface area contributed by atoms with E-state index < -0.39 is 12.1 Å². The number of ether oxygens (including phenoxy) is 1. The number of pyridine rings is 1. The first kappa shape index (κ1) is 18.9. The maximum absolute atomic E-state index is 10.4. The number of carboxylic acids is 1. The molecule has 3 aromatic rings. The molecule has 0 unspecified atom stereocenters. The predicted octanol–water partition coefficient (Wildman–Crippen LogP) is 3.53. The Hall–Kier alpha value is -3.41. The first-order valence-corrected chi connectivity index (χ1v) is 8.06. The SMILES string of the molecule is NC(=O)OCc1ccccc1.O=C(O)CCc1ccc2cccnc2c1. The quantitative estimate of drug-likeness (QED) is 0.731. The Morgan fingerprint density at radius 1 is 1.00 bits per heavy atom. The van der Waals surface area contributed by atoms with Crippen molar-refractivity contribution in [2.45, 2.75) is 19.4 Å². The third-order valence-corrected chi connectivity index (χ3v) is 3.52. The summed E-state index contributed by atoms with van der Waals surface area (Å²) in [5, 5.41) is 9.65. The van der Waals surface area contributed by atoms with Gasteiger partial charge in [-0.15, -0.1) is 0 Å². The zero-order valence-electron chi connectivity index (χ0n) is 14.2. The summed E-state index contributed by atoms with van der Waals surface area (Å²) in [7, 11) is 0. The number of carbonyl (C=O) groups excluding carboxylic acids is 1. The molecule has 0 fully saturated rings. The van der Waals surface area contributed by atoms with Gasteiger partial charge in [0.05, 0.1) is 5.52 Å². The van der Waals surface area contributed by atoms with Crippen LogP contribution in [0, 0.1) is 0 Å². The number of aliphatic carboxylic acids is 1. The summed E-state index contributed by atoms with van der Waals surface area (Å²) in [6, 6.07) is 19.1. The van der Waals surface area contributed by atoms with Crippen LogP contribution < -0.4 is 5.73 Å². The van der Waals surface area contributed by atoms with Crippen LogP contribution in [0.5, 0.6) is 0 Å². The maximum Gasteiger partial charge on any atom is 0.404 e. The number of carbonyl (C=O) groups is 2. The summed E-state index contributed by atoms with van der Waals surface area (Å²) in [4.78, 5) is 24.8. The van der Waals surface area contributed by atoms with Gasteiger partial charge in [0.15, 0.2) is 0 Å². The van der Waals surface area contributed by atoms with Gasteiger partial charge in [0.1, 0.15) is 6.61 Å². The van der Waals surface area contributed by atoms with Gasteiger partial charge in [-0.25, -0.2) is 4.79 Å². The van der Waals surface area contributed by atoms with Crippen molar-refractivity contribution in [2.24, 2.45) is 5.73 Å². The second kappa shape index (κ2) is 9.78. The van der Waals surface area contributed by atoms with E-state index >= 15 is 0 Å². The van der Waals surface area contributed by atoms with E-state index in [1.807, 2.05) is 60.7 Å². The molecule has 0 aliphatic rings. The molecule has 3 rings (SSSR count). The fraction of sp³-hybridized carbons (Fsp3) is 0.150. The van der Waals surface area contributed by atoms with E-state index in [0.717, 1.165) is 22.0 Å². The smallest absolute Gasteiger partial charge is 0.404 e. The molecule has 2 aromatic carbocycles. The average Bonchev–Trinajstić information content (AvgIpc) is 2.66. The van der Waals surface area contributed by atoms with Gasteiger partial charge < -0.3 is 15.6 Å². The van der Waals surface area contributed by atoms with E-state index in [-0.39, 0.29) is 13.0 Å². The standard InChI is InChI=1S/C12H11NO2.C8H9NO2/c14-12(15)6-4-9-3-5-10-2-1-7-13-11(10)8-9;9-8(10)11-6-7-4-2-1-3-5-7/h1-3,5,7-8H,4,6H2,(H,14,15);1-5H,6H2,(H2,9,10). The molecule has 1 amide bonds. The number of nitrogens with zero attached hydrogens (tertiary/aromatic N) is 1. The minimum absolute atomic E-state index is 0.165. The van der Waals surface area contributed by atoms with E-state index in [1.165, 1.54) is 0 Å². The summed E-state index contributed by atoms with van der Waals surface area (Å²) in [5.74, 6) is -0.767. The third kappa shape index (κ3) is 6.60. The van der Waals surface area contributed by atoms with E-state index in [4.69, 9.17) is 10.8 Å². The van der Waals surface area contributed by atoms with Crippen LogP contribution in [0.25, 0.3) is 10.9 Å². The highest BCUT2D eigenvalue weighted by Crippen LogP contribution is 2.14. The molecule has 0 radical (unpaired) electrons. The zero-order chi connectivity index (χ0) is 18.8. The fourth-order valence-corrected chi connectivity index (χ4v) is 2.25. The maximum atomic E-state index is 10.4. The monoisotopic (exact) mass is 352 g/mol. The van der Waals surface area contributed by atoms with Crippen LogP contribution >= 0.6 is 0 Å². The van der Waals surface area contributed by atoms with Gasteiger partial charge in [-0.1, -0.05) is 48.5 Å². The Kier molecular flexibility index (Phi) is 7.12. The summed E-state index contributed by atoms with van der Waals surface area (Å²) in [5.41, 5.74) is 7.65. The lowest BCUT2D eigenvalue weighted by atomic mass is 10.1. The number of aryl methyl sites for hydroxylation is 1. The van der Waals surface area contributed by atoms with Gasteiger partial charge in [-0.3, -0.25) is 9.78 Å². The third-order valence-electron chi connectivity index (χ3n) is 3.52. The van der Waals surface area contributed by atoms with Gasteiger partial charge in [0, 0.05) is 18.0 Å². The molecule has 1 heterocycles. The summed E-state index contributed by atoms with van der Waals surface area (Å²) < 4.78 is 4.57. The molecule has 0 aliphatic carbocycles. The zero-order valence-corrected chi connectivity index (χ0v) is 14.2. The second-order valence-corrected chi connectivity index (χ2v) is 5.52. The van der Waals surface area contributed by atoms with E-state index in [2.05, 4.69) is 9.72 Å². The molecular formula is C20H20N2O4. The van der Waals surface area contributed by atoms with Crippen LogP contribution in [0.4, 0.5) is 4.79 Å². The number of hydrogen-bond donors (Lipinski definition) is 2. The Bertz CT molecular complexity index is 866. The highest BCUT2D eigenvalue weighted by molar-refractivity contribution is 5.79. The highest BCUT2D eigenvalue weighted by atomic mass is 16.5. The fourth-order valence-electron chi connectivity index (χ4n) is 2.25. The molecule has 1 aromatic heterocycles. The number of benzene rings is 2. The number of aromatic nitrogens is 1. The van der Waals surface area contributed by atoms with Gasteiger partial charge in [-0.05, 0) is 29.7 Å². The van der Waals surface area contributed by atoms with Crippen molar-refractivity contribution in [3.8, 4) is 0 Å². The Balaban J connectivity index is 0.000000197. The summed E-state index contributed by atoms with van der Waals surface area (Å²) >= 11 is 0. The Morgan fingerprint density at radius 3 is 2.46 bits per heavy atom. The molecule has 134 valence electrons. The van der Waals surface area contributed by atoms with Crippen LogP contribution in [0.3, 0.4) is 0 Å². The second-order valence-electron chi connectivity index (χ2n) is 5.52. The molecular weight excluding hydrogens is 332 g/mol. The number of nitrogens with two attached hydrogens (primary N) is 1. The number of amides is 1. The van der Waals surface area contributed by atoms with Crippen molar-refractivity contribution in [2.75, 3.05) is 0 Å². The number of hydrogen-bond acceptors (Lipinski definition) is 4. The average molecular weight is 352 g/mol. The van der Waals surface area contributed by atoms with Crippen LogP contribution in [0.1, 0.15) is 17.5 Å². The highest BCUT2D eigenvalue weighted by Gasteiger charge is 2.00. The normalized spacial score (nSPS) is 9.85. The topological polar surface area (TPSA) is 103 Å². The van der Waals surface area contributed by atoms with Crippen LogP contribution in [-0.4, -0.2) is 22.2 Å². The van der Waals surface area contributed by atoms with Crippen LogP contribution in [0.2, 0.25) is 0 Å². The minimum Gasteiger partial charge on any atom is -0.481 e. The summed E-state index contributed by atoms with van der Waals surface area (Å²) in [6.45, 7) is 0.246. The molecule has 0 atom stereocenters. The lowest BCUT2D eigenvalue weighted by Gasteiger charge is -2.01. The molecule has 0 saturated carbocycles. The van der Waals surface area contributed by atoms with Gasteiger partial charge in [-0.2, -0.15) is 0 Å². The van der Waals surface area contributed by atoms with Crippen molar-refractivity contribution in [3.63, 3.8) is 0 Å². The molecule has 6 heteroatoms. The molecule has 0 aliphatic heterocycles. The number of fused-ring (bicyclic) bond motifs is 1. The lowest BCUT2D eigenvalue weighted by molar-refractivity contribution is -0.136. The molecule has 6 nitrogen and oxygen atoms in total. The summed E-state index contributed by atoms with van der Waals surface area (Å²) in [6.07, 6.45) is 1.72. The van der Waals surface area contributed by atoms with Crippen molar-refractivity contribution in [1.82, 2.24) is 4.98 Å². The van der Waals surface area contributed by atoms with Crippen molar-refractivity contribution < 1.29 is 19.4 Å². The molecule has 0 saturated heterocycles. The van der Waals surface area contributed by atoms with Gasteiger partial charge in [0.2, 0.25) is 0 Å². The molecule has 0 bridgehead atoms. The largest absolute Gasteiger partial charge is 0.481 e. The first-order chi connectivity index (χ1) is 12.5. The molecule has 3 N–H and O–H groups in total. The number of rotatable bonds is 5. The van der Waals surface area contributed by atoms with E-state index in [1.54, 1.807) is 6.20 Å². The lowest BCUT2D eigenvalue weighted by Crippen LogP contribution is -2.12. The van der Waals surface area contributed by atoms with E-state index in [9.17, 15) is 9.59 Å². The van der Waals surface area contributed by atoms with Crippen molar-refractivity contribution in [3.05, 3.63) is 78.0 Å². The minimum atomic E-state index is -0.767. The van der Waals surface area contributed by atoms with Crippen LogP contribution in [-0.2, 0) is 22.6 Å². The Morgan fingerprint density at radius 2 is 1.77 bits per heavy atom. The number of carboxylic acid groups (broad SMARTS) is 1. The first-order valence-electron chi connectivity index (χ1n) is 8.06. The van der Waals surface area contributed by atoms with Crippen LogP contribution in [0.15, 0.2) is 66.9 Å². The predicted molar refractivity (Wildman–Crippen MR) is 98.5 cm³/mol.